The molecule has 106 valence electrons. The van der Waals surface area contributed by atoms with Crippen molar-refractivity contribution in [2.24, 2.45) is 0 Å². The maximum absolute atomic E-state index is 12.1. The van der Waals surface area contributed by atoms with Crippen LogP contribution in [-0.2, 0) is 19.5 Å². The molecule has 0 bridgehead atoms. The highest BCUT2D eigenvalue weighted by Gasteiger charge is 2.14. The summed E-state index contributed by atoms with van der Waals surface area (Å²) in [5.74, 6) is 0. The van der Waals surface area contributed by atoms with E-state index in [1.807, 2.05) is 18.2 Å². The Labute approximate surface area is 120 Å². The van der Waals surface area contributed by atoms with Crippen LogP contribution in [0.1, 0.15) is 22.3 Å². The summed E-state index contributed by atoms with van der Waals surface area (Å²) in [6, 6.07) is 7.69. The largest absolute Gasteiger partial charge is 0.328 e. The molecule has 0 saturated carbocycles. The zero-order chi connectivity index (χ0) is 14.8. The third kappa shape index (κ3) is 2.39. The molecule has 2 heterocycles. The van der Waals surface area contributed by atoms with E-state index >= 15 is 0 Å². The first-order valence-electron chi connectivity index (χ1n) is 6.73. The molecular formula is C15H14N4O2. The summed E-state index contributed by atoms with van der Waals surface area (Å²) in [6.07, 6.45) is 2.03. The van der Waals surface area contributed by atoms with Gasteiger partial charge in [0.1, 0.15) is 11.6 Å². The summed E-state index contributed by atoms with van der Waals surface area (Å²) in [4.78, 5) is 26.4. The highest BCUT2D eigenvalue weighted by Crippen LogP contribution is 2.18. The SMILES string of the molecule is N#Cc1c[nH]c(=O)n(Cc2cccc3c2CCNC3)c1=O. The summed E-state index contributed by atoms with van der Waals surface area (Å²) >= 11 is 0. The van der Waals surface area contributed by atoms with Gasteiger partial charge in [-0.15, -0.1) is 0 Å². The molecule has 0 spiro atoms. The number of hydrogen-bond acceptors (Lipinski definition) is 4. The van der Waals surface area contributed by atoms with Crippen LogP contribution in [0.15, 0.2) is 34.0 Å². The maximum Gasteiger partial charge on any atom is 0.328 e. The molecule has 0 atom stereocenters. The van der Waals surface area contributed by atoms with Crippen molar-refractivity contribution in [2.75, 3.05) is 6.54 Å². The van der Waals surface area contributed by atoms with Gasteiger partial charge in [0.15, 0.2) is 0 Å². The Kier molecular flexibility index (Phi) is 3.42. The van der Waals surface area contributed by atoms with Gasteiger partial charge in [-0.2, -0.15) is 5.26 Å². The average Bonchev–Trinajstić information content (AvgIpc) is 2.52. The van der Waals surface area contributed by atoms with E-state index in [-0.39, 0.29) is 12.1 Å². The zero-order valence-corrected chi connectivity index (χ0v) is 11.3. The van der Waals surface area contributed by atoms with Gasteiger partial charge < -0.3 is 10.3 Å². The fourth-order valence-electron chi connectivity index (χ4n) is 2.66. The van der Waals surface area contributed by atoms with Crippen LogP contribution in [0.3, 0.4) is 0 Å². The minimum Gasteiger partial charge on any atom is -0.313 e. The molecule has 2 N–H and O–H groups in total. The lowest BCUT2D eigenvalue weighted by atomic mass is 9.95. The molecule has 0 amide bonds. The molecule has 1 aliphatic rings. The predicted molar refractivity (Wildman–Crippen MR) is 77.0 cm³/mol. The van der Waals surface area contributed by atoms with E-state index in [2.05, 4.69) is 10.3 Å². The topological polar surface area (TPSA) is 90.7 Å². The number of H-pyrrole nitrogens is 1. The van der Waals surface area contributed by atoms with Crippen LogP contribution >= 0.6 is 0 Å². The van der Waals surface area contributed by atoms with Crippen molar-refractivity contribution in [1.82, 2.24) is 14.9 Å². The maximum atomic E-state index is 12.1. The molecular weight excluding hydrogens is 268 g/mol. The van der Waals surface area contributed by atoms with Crippen LogP contribution in [0, 0.1) is 11.3 Å². The number of aromatic amines is 1. The van der Waals surface area contributed by atoms with Crippen LogP contribution in [0.2, 0.25) is 0 Å². The number of nitrogens with one attached hydrogen (secondary N) is 2. The average molecular weight is 282 g/mol. The summed E-state index contributed by atoms with van der Waals surface area (Å²) < 4.78 is 1.08. The van der Waals surface area contributed by atoms with E-state index in [9.17, 15) is 9.59 Å². The van der Waals surface area contributed by atoms with E-state index < -0.39 is 11.2 Å². The molecule has 0 radical (unpaired) electrons. The second-order valence-corrected chi connectivity index (χ2v) is 4.99. The molecule has 0 aliphatic carbocycles. The smallest absolute Gasteiger partial charge is 0.313 e. The number of rotatable bonds is 2. The number of benzene rings is 1. The normalized spacial score (nSPS) is 13.5. The van der Waals surface area contributed by atoms with E-state index in [1.165, 1.54) is 11.1 Å². The molecule has 6 heteroatoms. The van der Waals surface area contributed by atoms with Gasteiger partial charge in [-0.3, -0.25) is 9.36 Å². The lowest BCUT2D eigenvalue weighted by Crippen LogP contribution is -2.37. The van der Waals surface area contributed by atoms with Crippen LogP contribution in [0.25, 0.3) is 0 Å². The van der Waals surface area contributed by atoms with E-state index in [0.29, 0.717) is 0 Å². The van der Waals surface area contributed by atoms with Crippen molar-refractivity contribution < 1.29 is 0 Å². The quantitative estimate of drug-likeness (QED) is 0.817. The summed E-state index contributed by atoms with van der Waals surface area (Å²) in [6.45, 7) is 1.87. The molecule has 2 aromatic rings. The fourth-order valence-corrected chi connectivity index (χ4v) is 2.66. The van der Waals surface area contributed by atoms with E-state index in [1.54, 1.807) is 6.07 Å². The van der Waals surface area contributed by atoms with Crippen molar-refractivity contribution >= 4 is 0 Å². The monoisotopic (exact) mass is 282 g/mol. The molecule has 0 fully saturated rings. The van der Waals surface area contributed by atoms with Gasteiger partial charge >= 0.3 is 5.69 Å². The standard InChI is InChI=1S/C15H14N4O2/c16-6-12-8-18-15(21)19(14(12)20)9-11-3-1-2-10-7-17-5-4-13(10)11/h1-3,8,17H,4-5,7,9H2,(H,18,21). The second-order valence-electron chi connectivity index (χ2n) is 4.99. The minimum absolute atomic E-state index is 0.0546. The van der Waals surface area contributed by atoms with Gasteiger partial charge in [0.25, 0.3) is 5.56 Å². The highest BCUT2D eigenvalue weighted by atomic mass is 16.2. The first-order chi connectivity index (χ1) is 10.2. The molecule has 1 aromatic carbocycles. The summed E-state index contributed by atoms with van der Waals surface area (Å²) in [5.41, 5.74) is 2.24. The Hall–Kier alpha value is -2.65. The lowest BCUT2D eigenvalue weighted by Gasteiger charge is -2.20. The van der Waals surface area contributed by atoms with Gasteiger partial charge in [0, 0.05) is 12.7 Å². The first kappa shape index (κ1) is 13.3. The molecule has 0 saturated heterocycles. The molecule has 1 aliphatic heterocycles. The minimum atomic E-state index is -0.548. The van der Waals surface area contributed by atoms with Crippen molar-refractivity contribution in [1.29, 1.82) is 5.26 Å². The van der Waals surface area contributed by atoms with Gasteiger partial charge in [0.05, 0.1) is 6.54 Å². The van der Waals surface area contributed by atoms with Crippen molar-refractivity contribution in [3.8, 4) is 6.07 Å². The summed E-state index contributed by atoms with van der Waals surface area (Å²) in [7, 11) is 0. The van der Waals surface area contributed by atoms with Crippen LogP contribution in [0.4, 0.5) is 0 Å². The van der Waals surface area contributed by atoms with Crippen molar-refractivity contribution in [2.45, 2.75) is 19.5 Å². The van der Waals surface area contributed by atoms with E-state index in [4.69, 9.17) is 5.26 Å². The Balaban J connectivity index is 2.08. The van der Waals surface area contributed by atoms with Gasteiger partial charge in [0.2, 0.25) is 0 Å². The lowest BCUT2D eigenvalue weighted by molar-refractivity contribution is 0.626. The van der Waals surface area contributed by atoms with Gasteiger partial charge in [-0.1, -0.05) is 18.2 Å². The Morgan fingerprint density at radius 3 is 3.00 bits per heavy atom. The second kappa shape index (κ2) is 5.38. The number of nitrogens with zero attached hydrogens (tertiary/aromatic N) is 2. The number of nitriles is 1. The predicted octanol–water partition coefficient (Wildman–Crippen LogP) is 0.102. The van der Waals surface area contributed by atoms with Crippen LogP contribution in [-0.4, -0.2) is 16.1 Å². The molecule has 1 aromatic heterocycles. The van der Waals surface area contributed by atoms with Crippen LogP contribution in [0.5, 0.6) is 0 Å². The molecule has 6 nitrogen and oxygen atoms in total. The fraction of sp³-hybridized carbons (Fsp3) is 0.267. The third-order valence-corrected chi connectivity index (χ3v) is 3.75. The van der Waals surface area contributed by atoms with E-state index in [0.717, 1.165) is 35.8 Å². The Morgan fingerprint density at radius 2 is 2.19 bits per heavy atom. The number of aromatic nitrogens is 2. The third-order valence-electron chi connectivity index (χ3n) is 3.75. The first-order valence-corrected chi connectivity index (χ1v) is 6.73. The van der Waals surface area contributed by atoms with Gasteiger partial charge in [-0.05, 0) is 29.7 Å². The summed E-state index contributed by atoms with van der Waals surface area (Å²) in [5, 5.41) is 12.2. The van der Waals surface area contributed by atoms with Crippen LogP contribution < -0.4 is 16.6 Å². The Bertz CT molecular complexity index is 842. The Morgan fingerprint density at radius 1 is 1.33 bits per heavy atom. The zero-order valence-electron chi connectivity index (χ0n) is 11.3. The van der Waals surface area contributed by atoms with Crippen molar-refractivity contribution in [3.05, 3.63) is 67.5 Å². The number of fused-ring (bicyclic) bond motifs is 1. The highest BCUT2D eigenvalue weighted by molar-refractivity contribution is 5.37. The van der Waals surface area contributed by atoms with Gasteiger partial charge in [-0.25, -0.2) is 4.79 Å². The van der Waals surface area contributed by atoms with Crippen molar-refractivity contribution in [3.63, 3.8) is 0 Å². The molecule has 21 heavy (non-hydrogen) atoms. The number of hydrogen-bond donors (Lipinski definition) is 2. The molecule has 3 rings (SSSR count). The molecule has 0 unspecified atom stereocenters.